The summed E-state index contributed by atoms with van der Waals surface area (Å²) in [5, 5.41) is 3.91. The smallest absolute Gasteiger partial charge is 0.152 e. The van der Waals surface area contributed by atoms with Gasteiger partial charge in [0.1, 0.15) is 0 Å². The van der Waals surface area contributed by atoms with Gasteiger partial charge in [-0.3, -0.25) is 0 Å². The molecule has 0 amide bonds. The molecule has 0 spiro atoms. The third kappa shape index (κ3) is 2.41. The monoisotopic (exact) mass is 226 g/mol. The van der Waals surface area contributed by atoms with Gasteiger partial charge in [-0.25, -0.2) is 4.98 Å². The number of aromatic nitrogens is 1. The van der Waals surface area contributed by atoms with Crippen molar-refractivity contribution in [3.8, 4) is 0 Å². The first-order valence-corrected chi connectivity index (χ1v) is 5.55. The van der Waals surface area contributed by atoms with Crippen LogP contribution in [0.25, 0.3) is 0 Å². The van der Waals surface area contributed by atoms with E-state index in [2.05, 4.69) is 17.2 Å². The average Bonchev–Trinajstić information content (AvgIpc) is 2.58. The Hall–Kier alpha value is -0.800. The number of rotatable bonds is 2. The molecule has 0 aromatic carbocycles. The summed E-state index contributed by atoms with van der Waals surface area (Å²) < 4.78 is 5.48. The first kappa shape index (κ1) is 10.7. The highest BCUT2D eigenvalue weighted by molar-refractivity contribution is 6.31. The number of hydrogen-bond donors (Lipinski definition) is 1. The fourth-order valence-electron chi connectivity index (χ4n) is 1.77. The molecule has 2 rings (SSSR count). The van der Waals surface area contributed by atoms with Crippen molar-refractivity contribution in [2.24, 2.45) is 0 Å². The molecule has 1 saturated heterocycles. The molecule has 1 fully saturated rings. The zero-order chi connectivity index (χ0) is 10.8. The minimum absolute atomic E-state index is 0.238. The number of anilines is 1. The molecular weight excluding hydrogens is 212 g/mol. The molecule has 2 heterocycles. The predicted octanol–water partition coefficient (Wildman–Crippen LogP) is 2.63. The molecule has 1 aromatic rings. The Balaban J connectivity index is 2.12. The summed E-state index contributed by atoms with van der Waals surface area (Å²) in [6, 6.07) is 2.35. The molecule has 4 heteroatoms. The maximum absolute atomic E-state index is 6.01. The van der Waals surface area contributed by atoms with E-state index in [1.54, 1.807) is 6.20 Å². The minimum atomic E-state index is 0.238. The molecule has 15 heavy (non-hydrogen) atoms. The molecule has 1 aliphatic rings. The van der Waals surface area contributed by atoms with Gasteiger partial charge in [-0.15, -0.1) is 0 Å². The van der Waals surface area contributed by atoms with Crippen LogP contribution < -0.4 is 5.32 Å². The maximum atomic E-state index is 6.01. The van der Waals surface area contributed by atoms with E-state index in [1.807, 2.05) is 13.0 Å². The Labute approximate surface area is 94.8 Å². The number of nitrogens with one attached hydrogen (secondary N) is 1. The average molecular weight is 227 g/mol. The molecule has 0 saturated carbocycles. The molecule has 3 nitrogen and oxygen atoms in total. The highest BCUT2D eigenvalue weighted by Gasteiger charge is 2.24. The van der Waals surface area contributed by atoms with E-state index in [0.717, 1.165) is 24.3 Å². The van der Waals surface area contributed by atoms with Gasteiger partial charge in [-0.1, -0.05) is 11.6 Å². The van der Waals surface area contributed by atoms with Gasteiger partial charge in [0.25, 0.3) is 0 Å². The summed E-state index contributed by atoms with van der Waals surface area (Å²) in [7, 11) is 0. The zero-order valence-electron chi connectivity index (χ0n) is 8.96. The third-order valence-corrected chi connectivity index (χ3v) is 2.99. The van der Waals surface area contributed by atoms with E-state index >= 15 is 0 Å². The molecule has 0 aliphatic carbocycles. The van der Waals surface area contributed by atoms with Gasteiger partial charge >= 0.3 is 0 Å². The highest BCUT2D eigenvalue weighted by Crippen LogP contribution is 2.24. The predicted molar refractivity (Wildman–Crippen MR) is 61.4 cm³/mol. The lowest BCUT2D eigenvalue weighted by molar-refractivity contribution is 0.121. The fraction of sp³-hybridized carbons (Fsp3) is 0.545. The Morgan fingerprint density at radius 3 is 3.07 bits per heavy atom. The summed E-state index contributed by atoms with van der Waals surface area (Å²) in [5.41, 5.74) is 2.01. The van der Waals surface area contributed by atoms with Crippen LogP contribution in [0.5, 0.6) is 0 Å². The van der Waals surface area contributed by atoms with Crippen LogP contribution in [0.1, 0.15) is 18.9 Å². The lowest BCUT2D eigenvalue weighted by atomic mass is 10.1. The van der Waals surface area contributed by atoms with Gasteiger partial charge in [0.15, 0.2) is 5.15 Å². The lowest BCUT2D eigenvalue weighted by Crippen LogP contribution is -2.26. The Bertz CT molecular complexity index is 356. The van der Waals surface area contributed by atoms with E-state index in [1.165, 1.54) is 0 Å². The van der Waals surface area contributed by atoms with Crippen LogP contribution in [0.15, 0.2) is 12.3 Å². The van der Waals surface area contributed by atoms with E-state index in [-0.39, 0.29) is 6.10 Å². The van der Waals surface area contributed by atoms with E-state index in [0.29, 0.717) is 11.2 Å². The summed E-state index contributed by atoms with van der Waals surface area (Å²) >= 11 is 6.01. The van der Waals surface area contributed by atoms with Gasteiger partial charge in [0.2, 0.25) is 0 Å². The molecule has 1 N–H and O–H groups in total. The highest BCUT2D eigenvalue weighted by atomic mass is 35.5. The zero-order valence-corrected chi connectivity index (χ0v) is 9.71. The SMILES string of the molecule is Cc1cnc(Cl)c(NC2CCOC2C)c1. The number of pyridine rings is 1. The molecule has 82 valence electrons. The number of hydrogen-bond acceptors (Lipinski definition) is 3. The van der Waals surface area contributed by atoms with Crippen LogP contribution in [0.3, 0.4) is 0 Å². The van der Waals surface area contributed by atoms with Gasteiger partial charge in [-0.05, 0) is 31.9 Å². The molecule has 0 radical (unpaired) electrons. The second kappa shape index (κ2) is 4.37. The molecule has 1 aliphatic heterocycles. The van der Waals surface area contributed by atoms with E-state index in [4.69, 9.17) is 16.3 Å². The van der Waals surface area contributed by atoms with Crippen molar-refractivity contribution in [3.05, 3.63) is 23.0 Å². The molecular formula is C11H15ClN2O. The van der Waals surface area contributed by atoms with Crippen molar-refractivity contribution in [1.82, 2.24) is 4.98 Å². The first-order valence-electron chi connectivity index (χ1n) is 5.17. The van der Waals surface area contributed by atoms with Crippen LogP contribution in [0, 0.1) is 6.92 Å². The third-order valence-electron chi connectivity index (χ3n) is 2.69. The van der Waals surface area contributed by atoms with Gasteiger partial charge in [0, 0.05) is 12.8 Å². The fourth-order valence-corrected chi connectivity index (χ4v) is 1.93. The van der Waals surface area contributed by atoms with Crippen molar-refractivity contribution < 1.29 is 4.74 Å². The van der Waals surface area contributed by atoms with Crippen molar-refractivity contribution in [3.63, 3.8) is 0 Å². The van der Waals surface area contributed by atoms with Gasteiger partial charge in [-0.2, -0.15) is 0 Å². The number of aryl methyl sites for hydroxylation is 1. The number of halogens is 1. The van der Waals surface area contributed by atoms with Crippen LogP contribution in [0.2, 0.25) is 5.15 Å². The molecule has 1 aromatic heterocycles. The standard InChI is InChI=1S/C11H15ClN2O/c1-7-5-10(11(12)13-6-7)14-9-3-4-15-8(9)2/h5-6,8-9,14H,3-4H2,1-2H3. The lowest BCUT2D eigenvalue weighted by Gasteiger charge is -2.18. The summed E-state index contributed by atoms with van der Waals surface area (Å²) in [6.45, 7) is 4.89. The Morgan fingerprint density at radius 1 is 1.60 bits per heavy atom. The van der Waals surface area contributed by atoms with Gasteiger partial charge < -0.3 is 10.1 Å². The van der Waals surface area contributed by atoms with Crippen LogP contribution in [-0.4, -0.2) is 23.7 Å². The van der Waals surface area contributed by atoms with Crippen molar-refractivity contribution in [1.29, 1.82) is 0 Å². The molecule has 0 bridgehead atoms. The summed E-state index contributed by atoms with van der Waals surface area (Å²) in [4.78, 5) is 4.11. The summed E-state index contributed by atoms with van der Waals surface area (Å²) in [6.07, 6.45) is 3.02. The Morgan fingerprint density at radius 2 is 2.40 bits per heavy atom. The second-order valence-corrected chi connectivity index (χ2v) is 4.32. The van der Waals surface area contributed by atoms with E-state index < -0.39 is 0 Å². The molecule has 2 atom stereocenters. The van der Waals surface area contributed by atoms with Crippen molar-refractivity contribution in [2.45, 2.75) is 32.4 Å². The Kier molecular flexibility index (Phi) is 3.12. The minimum Gasteiger partial charge on any atom is -0.377 e. The quantitative estimate of drug-likeness (QED) is 0.788. The molecule has 2 unspecified atom stereocenters. The van der Waals surface area contributed by atoms with Crippen molar-refractivity contribution >= 4 is 17.3 Å². The normalized spacial score (nSPS) is 25.5. The van der Waals surface area contributed by atoms with Crippen LogP contribution in [0.4, 0.5) is 5.69 Å². The van der Waals surface area contributed by atoms with Gasteiger partial charge in [0.05, 0.1) is 17.8 Å². The largest absolute Gasteiger partial charge is 0.377 e. The van der Waals surface area contributed by atoms with E-state index in [9.17, 15) is 0 Å². The number of nitrogens with zero attached hydrogens (tertiary/aromatic N) is 1. The van der Waals surface area contributed by atoms with Crippen LogP contribution >= 0.6 is 11.6 Å². The topological polar surface area (TPSA) is 34.2 Å². The maximum Gasteiger partial charge on any atom is 0.152 e. The second-order valence-electron chi connectivity index (χ2n) is 3.97. The van der Waals surface area contributed by atoms with Crippen LogP contribution in [-0.2, 0) is 4.74 Å². The first-order chi connectivity index (χ1) is 7.16. The number of ether oxygens (including phenoxy) is 1. The summed E-state index contributed by atoms with van der Waals surface area (Å²) in [5.74, 6) is 0. The van der Waals surface area contributed by atoms with Crippen molar-refractivity contribution in [2.75, 3.05) is 11.9 Å².